The minimum atomic E-state index is 0.480. The molecule has 0 saturated carbocycles. The Morgan fingerprint density at radius 3 is 2.57 bits per heavy atom. The molecule has 0 aliphatic heterocycles. The number of thiophene rings is 1. The maximum atomic E-state index is 5.52. The number of oxime groups is 1. The fourth-order valence-corrected chi connectivity index (χ4v) is 2.54. The van der Waals surface area contributed by atoms with Crippen LogP contribution in [0.3, 0.4) is 0 Å². The van der Waals surface area contributed by atoms with E-state index in [1.165, 1.54) is 0 Å². The molecule has 3 rings (SSSR count). The van der Waals surface area contributed by atoms with Gasteiger partial charge < -0.3 is 4.84 Å². The van der Waals surface area contributed by atoms with Crippen molar-refractivity contribution in [1.29, 1.82) is 0 Å². The van der Waals surface area contributed by atoms with E-state index in [-0.39, 0.29) is 0 Å². The molecule has 0 saturated heterocycles. The van der Waals surface area contributed by atoms with Crippen LogP contribution in [0, 0.1) is 0 Å². The highest BCUT2D eigenvalue weighted by molar-refractivity contribution is 7.09. The third kappa shape index (κ3) is 3.55. The fraction of sp³-hybridized carbons (Fsp3) is 0.0588. The number of benzene rings is 1. The van der Waals surface area contributed by atoms with Crippen molar-refractivity contribution in [3.8, 4) is 0 Å². The zero-order chi connectivity index (χ0) is 14.3. The van der Waals surface area contributed by atoms with Gasteiger partial charge in [-0.2, -0.15) is 0 Å². The van der Waals surface area contributed by atoms with Crippen LogP contribution in [0.4, 0.5) is 0 Å². The SMILES string of the molecule is c1ccc(C(=NOCc2cccs2)c2cccnc2)cc1. The number of aromatic nitrogens is 1. The van der Waals surface area contributed by atoms with Crippen molar-refractivity contribution in [2.24, 2.45) is 5.16 Å². The molecule has 4 heteroatoms. The average Bonchev–Trinajstić information content (AvgIpc) is 3.07. The lowest BCUT2D eigenvalue weighted by molar-refractivity contribution is 0.133. The van der Waals surface area contributed by atoms with Gasteiger partial charge in [0.05, 0.1) is 0 Å². The van der Waals surface area contributed by atoms with Crippen molar-refractivity contribution in [3.05, 3.63) is 88.4 Å². The van der Waals surface area contributed by atoms with Gasteiger partial charge in [-0.3, -0.25) is 4.98 Å². The highest BCUT2D eigenvalue weighted by Crippen LogP contribution is 2.13. The van der Waals surface area contributed by atoms with E-state index in [2.05, 4.69) is 10.1 Å². The van der Waals surface area contributed by atoms with Crippen LogP contribution in [0.2, 0.25) is 0 Å². The monoisotopic (exact) mass is 294 g/mol. The van der Waals surface area contributed by atoms with Crippen LogP contribution in [-0.4, -0.2) is 10.7 Å². The number of rotatable bonds is 5. The molecule has 0 unspecified atom stereocenters. The zero-order valence-electron chi connectivity index (χ0n) is 11.3. The second-order valence-electron chi connectivity index (χ2n) is 4.40. The van der Waals surface area contributed by atoms with Gasteiger partial charge in [0.2, 0.25) is 0 Å². The van der Waals surface area contributed by atoms with Gasteiger partial charge >= 0.3 is 0 Å². The van der Waals surface area contributed by atoms with Gasteiger partial charge in [-0.15, -0.1) is 11.3 Å². The molecule has 0 atom stereocenters. The smallest absolute Gasteiger partial charge is 0.151 e. The van der Waals surface area contributed by atoms with Crippen molar-refractivity contribution in [2.75, 3.05) is 0 Å². The first-order valence-electron chi connectivity index (χ1n) is 6.61. The molecular formula is C17H14N2OS. The maximum absolute atomic E-state index is 5.52. The van der Waals surface area contributed by atoms with Gasteiger partial charge in [-0.1, -0.05) is 41.6 Å². The highest BCUT2D eigenvalue weighted by Gasteiger charge is 2.07. The van der Waals surface area contributed by atoms with Crippen LogP contribution < -0.4 is 0 Å². The van der Waals surface area contributed by atoms with Gasteiger partial charge in [0.15, 0.2) is 6.61 Å². The predicted molar refractivity (Wildman–Crippen MR) is 85.4 cm³/mol. The molecule has 0 radical (unpaired) electrons. The molecule has 0 spiro atoms. The number of hydrogen-bond acceptors (Lipinski definition) is 4. The minimum absolute atomic E-state index is 0.480. The van der Waals surface area contributed by atoms with Crippen LogP contribution >= 0.6 is 11.3 Å². The van der Waals surface area contributed by atoms with Gasteiger partial charge in [-0.25, -0.2) is 0 Å². The Balaban J connectivity index is 1.85. The van der Waals surface area contributed by atoms with E-state index in [0.717, 1.165) is 21.7 Å². The Hall–Kier alpha value is -2.46. The van der Waals surface area contributed by atoms with Crippen molar-refractivity contribution in [3.63, 3.8) is 0 Å². The summed E-state index contributed by atoms with van der Waals surface area (Å²) in [6.07, 6.45) is 3.54. The first kappa shape index (κ1) is 13.5. The summed E-state index contributed by atoms with van der Waals surface area (Å²) >= 11 is 1.66. The maximum Gasteiger partial charge on any atom is 0.151 e. The van der Waals surface area contributed by atoms with Gasteiger partial charge in [-0.05, 0) is 23.6 Å². The Kier molecular flexibility index (Phi) is 4.39. The first-order valence-corrected chi connectivity index (χ1v) is 7.49. The normalized spacial score (nSPS) is 11.3. The third-order valence-electron chi connectivity index (χ3n) is 2.92. The Morgan fingerprint density at radius 2 is 1.86 bits per heavy atom. The Morgan fingerprint density at radius 1 is 1.00 bits per heavy atom. The first-order chi connectivity index (χ1) is 10.4. The van der Waals surface area contributed by atoms with Gasteiger partial charge in [0, 0.05) is 28.4 Å². The molecule has 3 nitrogen and oxygen atoms in total. The van der Waals surface area contributed by atoms with Crippen LogP contribution in [-0.2, 0) is 11.4 Å². The average molecular weight is 294 g/mol. The molecule has 104 valence electrons. The summed E-state index contributed by atoms with van der Waals surface area (Å²) < 4.78 is 0. The lowest BCUT2D eigenvalue weighted by Gasteiger charge is -2.06. The zero-order valence-corrected chi connectivity index (χ0v) is 12.2. The highest BCUT2D eigenvalue weighted by atomic mass is 32.1. The summed E-state index contributed by atoms with van der Waals surface area (Å²) in [6.45, 7) is 0.480. The summed E-state index contributed by atoms with van der Waals surface area (Å²) in [5.41, 5.74) is 2.74. The molecule has 0 N–H and O–H groups in total. The largest absolute Gasteiger partial charge is 0.390 e. The van der Waals surface area contributed by atoms with E-state index in [9.17, 15) is 0 Å². The second kappa shape index (κ2) is 6.81. The van der Waals surface area contributed by atoms with E-state index in [1.54, 1.807) is 23.7 Å². The van der Waals surface area contributed by atoms with Crippen molar-refractivity contribution in [2.45, 2.75) is 6.61 Å². The van der Waals surface area contributed by atoms with Gasteiger partial charge in [0.1, 0.15) is 5.71 Å². The van der Waals surface area contributed by atoms with Crippen molar-refractivity contribution >= 4 is 17.0 Å². The third-order valence-corrected chi connectivity index (χ3v) is 3.77. The van der Waals surface area contributed by atoms with Crippen LogP contribution in [0.5, 0.6) is 0 Å². The fourth-order valence-electron chi connectivity index (χ4n) is 1.93. The predicted octanol–water partition coefficient (Wildman–Crippen LogP) is 4.11. The summed E-state index contributed by atoms with van der Waals surface area (Å²) in [4.78, 5) is 10.8. The Labute approximate surface area is 127 Å². The summed E-state index contributed by atoms with van der Waals surface area (Å²) in [5, 5.41) is 6.35. The summed E-state index contributed by atoms with van der Waals surface area (Å²) in [7, 11) is 0. The van der Waals surface area contributed by atoms with Crippen molar-refractivity contribution < 1.29 is 4.84 Å². The molecule has 2 heterocycles. The number of hydrogen-bond donors (Lipinski definition) is 0. The summed E-state index contributed by atoms with van der Waals surface area (Å²) in [5.74, 6) is 0. The standard InChI is InChI=1S/C17H14N2OS/c1-2-6-14(7-3-1)17(15-8-4-10-18-12-15)19-20-13-16-9-5-11-21-16/h1-12H,13H2. The molecular weight excluding hydrogens is 280 g/mol. The second-order valence-corrected chi connectivity index (χ2v) is 5.43. The molecule has 1 aromatic carbocycles. The van der Waals surface area contributed by atoms with Crippen molar-refractivity contribution in [1.82, 2.24) is 4.98 Å². The Bertz CT molecular complexity index is 653. The molecule has 0 aliphatic carbocycles. The molecule has 21 heavy (non-hydrogen) atoms. The van der Waals surface area contributed by atoms with E-state index < -0.39 is 0 Å². The van der Waals surface area contributed by atoms with E-state index in [0.29, 0.717) is 6.61 Å². The van der Waals surface area contributed by atoms with Gasteiger partial charge in [0.25, 0.3) is 0 Å². The summed E-state index contributed by atoms with van der Waals surface area (Å²) in [6, 6.07) is 17.9. The lowest BCUT2D eigenvalue weighted by atomic mass is 10.0. The quantitative estimate of drug-likeness (QED) is 0.524. The van der Waals surface area contributed by atoms with Crippen LogP contribution in [0.1, 0.15) is 16.0 Å². The molecule has 3 aromatic rings. The molecule has 2 aromatic heterocycles. The molecule has 0 fully saturated rings. The molecule has 0 amide bonds. The number of nitrogens with zero attached hydrogens (tertiary/aromatic N) is 2. The minimum Gasteiger partial charge on any atom is -0.390 e. The van der Waals surface area contributed by atoms with E-state index in [4.69, 9.17) is 4.84 Å². The van der Waals surface area contributed by atoms with Crippen LogP contribution in [0.25, 0.3) is 0 Å². The molecule has 0 bridgehead atoms. The topological polar surface area (TPSA) is 34.5 Å². The van der Waals surface area contributed by atoms with E-state index >= 15 is 0 Å². The van der Waals surface area contributed by atoms with Crippen LogP contribution in [0.15, 0.2) is 77.5 Å². The van der Waals surface area contributed by atoms with E-state index in [1.807, 2.05) is 60.0 Å². The lowest BCUT2D eigenvalue weighted by Crippen LogP contribution is -2.04. The molecule has 0 aliphatic rings. The number of pyridine rings is 1.